The van der Waals surface area contributed by atoms with Crippen molar-refractivity contribution in [2.45, 2.75) is 0 Å². The average molecular weight is 163 g/mol. The molecule has 62 valence electrons. The molecule has 1 aromatic heterocycles. The summed E-state index contributed by atoms with van der Waals surface area (Å²) in [7, 11) is 0. The molecule has 0 unspecified atom stereocenters. The Labute approximate surface area is 70.1 Å². The molecule has 0 bridgehead atoms. The summed E-state index contributed by atoms with van der Waals surface area (Å²) in [5.41, 5.74) is 3.16. The first-order valence-electron chi connectivity index (χ1n) is 3.37. The average Bonchev–Trinajstić information content (AvgIpc) is 2.17. The van der Waals surface area contributed by atoms with E-state index >= 15 is 0 Å². The Bertz CT molecular complexity index is 309. The van der Waals surface area contributed by atoms with Crippen molar-refractivity contribution in [1.82, 2.24) is 10.4 Å². The number of pyridine rings is 1. The third kappa shape index (κ3) is 1.67. The zero-order chi connectivity index (χ0) is 8.97. The predicted molar refractivity (Wildman–Crippen MR) is 46.0 cm³/mol. The standard InChI is InChI=1S/C8H9N3O/c1-2-7-5-6(3-4-10-7)8(12)11-9/h2-5H,1,9H2,(H,11,12). The van der Waals surface area contributed by atoms with Crippen LogP contribution in [-0.4, -0.2) is 10.9 Å². The van der Waals surface area contributed by atoms with Crippen LogP contribution in [0.3, 0.4) is 0 Å². The van der Waals surface area contributed by atoms with Crippen LogP contribution < -0.4 is 11.3 Å². The van der Waals surface area contributed by atoms with Crippen LogP contribution in [0.5, 0.6) is 0 Å². The van der Waals surface area contributed by atoms with Gasteiger partial charge in [0, 0.05) is 11.8 Å². The Kier molecular flexibility index (Phi) is 2.55. The zero-order valence-corrected chi connectivity index (χ0v) is 6.45. The van der Waals surface area contributed by atoms with Gasteiger partial charge in [0.05, 0.1) is 5.69 Å². The topological polar surface area (TPSA) is 68.0 Å². The van der Waals surface area contributed by atoms with Crippen molar-refractivity contribution in [3.8, 4) is 0 Å². The molecule has 0 atom stereocenters. The quantitative estimate of drug-likeness (QED) is 0.375. The van der Waals surface area contributed by atoms with Crippen molar-refractivity contribution in [1.29, 1.82) is 0 Å². The highest BCUT2D eigenvalue weighted by atomic mass is 16.2. The number of carbonyl (C=O) groups is 1. The van der Waals surface area contributed by atoms with Gasteiger partial charge in [-0.3, -0.25) is 15.2 Å². The summed E-state index contributed by atoms with van der Waals surface area (Å²) in [6, 6.07) is 3.18. The Morgan fingerprint density at radius 2 is 2.50 bits per heavy atom. The van der Waals surface area contributed by atoms with Crippen LogP contribution in [0.15, 0.2) is 24.9 Å². The fraction of sp³-hybridized carbons (Fsp3) is 0. The number of nitrogen functional groups attached to an aromatic ring is 1. The van der Waals surface area contributed by atoms with Gasteiger partial charge in [0.25, 0.3) is 5.91 Å². The number of aromatic nitrogens is 1. The number of rotatable bonds is 2. The van der Waals surface area contributed by atoms with E-state index in [1.165, 1.54) is 6.20 Å². The van der Waals surface area contributed by atoms with Crippen LogP contribution in [0, 0.1) is 0 Å². The minimum atomic E-state index is -0.333. The van der Waals surface area contributed by atoms with Crippen LogP contribution in [0.1, 0.15) is 16.1 Å². The molecule has 0 aliphatic heterocycles. The molecule has 3 N–H and O–H groups in total. The number of carbonyl (C=O) groups excluding carboxylic acids is 1. The maximum absolute atomic E-state index is 11.0. The zero-order valence-electron chi connectivity index (χ0n) is 6.45. The molecule has 0 aromatic carbocycles. The number of nitrogens with one attached hydrogen (secondary N) is 1. The predicted octanol–water partition coefficient (Wildman–Crippen LogP) is 0.328. The number of hydrogen-bond acceptors (Lipinski definition) is 3. The molecule has 0 fully saturated rings. The van der Waals surface area contributed by atoms with Crippen molar-refractivity contribution in [3.05, 3.63) is 36.2 Å². The molecule has 1 heterocycles. The van der Waals surface area contributed by atoms with E-state index in [0.717, 1.165) is 0 Å². The molecular weight excluding hydrogens is 154 g/mol. The fourth-order valence-corrected chi connectivity index (χ4v) is 0.785. The summed E-state index contributed by atoms with van der Waals surface area (Å²) in [6.07, 6.45) is 3.09. The monoisotopic (exact) mass is 163 g/mol. The number of amides is 1. The van der Waals surface area contributed by atoms with E-state index in [2.05, 4.69) is 11.6 Å². The molecule has 1 aromatic rings. The molecular formula is C8H9N3O. The molecule has 0 aliphatic rings. The fourth-order valence-electron chi connectivity index (χ4n) is 0.785. The maximum atomic E-state index is 11.0. The van der Waals surface area contributed by atoms with E-state index in [9.17, 15) is 4.79 Å². The van der Waals surface area contributed by atoms with Crippen LogP contribution in [0.4, 0.5) is 0 Å². The van der Waals surface area contributed by atoms with Crippen molar-refractivity contribution < 1.29 is 4.79 Å². The van der Waals surface area contributed by atoms with Gasteiger partial charge in [0.1, 0.15) is 0 Å². The van der Waals surface area contributed by atoms with E-state index < -0.39 is 0 Å². The number of nitrogens with zero attached hydrogens (tertiary/aromatic N) is 1. The first-order chi connectivity index (χ1) is 5.77. The third-order valence-corrected chi connectivity index (χ3v) is 1.38. The maximum Gasteiger partial charge on any atom is 0.265 e. The highest BCUT2D eigenvalue weighted by molar-refractivity contribution is 5.93. The lowest BCUT2D eigenvalue weighted by molar-refractivity contribution is 0.0953. The van der Waals surface area contributed by atoms with Crippen molar-refractivity contribution in [2.24, 2.45) is 5.84 Å². The summed E-state index contributed by atoms with van der Waals surface area (Å²) in [4.78, 5) is 14.9. The minimum absolute atomic E-state index is 0.333. The summed E-state index contributed by atoms with van der Waals surface area (Å²) >= 11 is 0. The molecule has 0 spiro atoms. The normalized spacial score (nSPS) is 9.08. The molecule has 1 amide bonds. The summed E-state index contributed by atoms with van der Waals surface area (Å²) in [5.74, 6) is 4.62. The Hall–Kier alpha value is -1.68. The Morgan fingerprint density at radius 1 is 1.75 bits per heavy atom. The molecule has 0 saturated heterocycles. The summed E-state index contributed by atoms with van der Waals surface area (Å²) in [5, 5.41) is 0. The molecule has 0 radical (unpaired) electrons. The van der Waals surface area contributed by atoms with Crippen molar-refractivity contribution in [3.63, 3.8) is 0 Å². The smallest absolute Gasteiger partial charge is 0.265 e. The summed E-state index contributed by atoms with van der Waals surface area (Å²) < 4.78 is 0. The van der Waals surface area contributed by atoms with Crippen molar-refractivity contribution >= 4 is 12.0 Å². The minimum Gasteiger partial charge on any atom is -0.290 e. The van der Waals surface area contributed by atoms with Gasteiger partial charge in [0.2, 0.25) is 0 Å². The van der Waals surface area contributed by atoms with Gasteiger partial charge >= 0.3 is 0 Å². The van der Waals surface area contributed by atoms with Crippen molar-refractivity contribution in [2.75, 3.05) is 0 Å². The van der Waals surface area contributed by atoms with Gasteiger partial charge in [-0.15, -0.1) is 0 Å². The Balaban J connectivity index is 3.01. The number of hydrogen-bond donors (Lipinski definition) is 2. The first-order valence-corrected chi connectivity index (χ1v) is 3.37. The van der Waals surface area contributed by atoms with Gasteiger partial charge in [0.15, 0.2) is 0 Å². The van der Waals surface area contributed by atoms with Gasteiger partial charge in [-0.1, -0.05) is 6.58 Å². The molecule has 12 heavy (non-hydrogen) atoms. The Morgan fingerprint density at radius 3 is 3.08 bits per heavy atom. The van der Waals surface area contributed by atoms with Crippen LogP contribution in [0.2, 0.25) is 0 Å². The third-order valence-electron chi connectivity index (χ3n) is 1.38. The first kappa shape index (κ1) is 8.42. The molecule has 0 aliphatic carbocycles. The van der Waals surface area contributed by atoms with E-state index in [0.29, 0.717) is 11.3 Å². The largest absolute Gasteiger partial charge is 0.290 e. The molecule has 4 nitrogen and oxygen atoms in total. The SMILES string of the molecule is C=Cc1cc(C(=O)NN)ccn1. The van der Waals surface area contributed by atoms with E-state index in [1.54, 1.807) is 18.2 Å². The highest BCUT2D eigenvalue weighted by Gasteiger charge is 2.02. The van der Waals surface area contributed by atoms with Gasteiger partial charge < -0.3 is 0 Å². The van der Waals surface area contributed by atoms with Crippen LogP contribution in [0.25, 0.3) is 6.08 Å². The molecule has 1 rings (SSSR count). The van der Waals surface area contributed by atoms with Gasteiger partial charge in [-0.25, -0.2) is 5.84 Å². The van der Waals surface area contributed by atoms with Crippen LogP contribution in [-0.2, 0) is 0 Å². The second kappa shape index (κ2) is 3.64. The summed E-state index contributed by atoms with van der Waals surface area (Å²) in [6.45, 7) is 3.53. The van der Waals surface area contributed by atoms with Gasteiger partial charge in [-0.05, 0) is 18.2 Å². The lowest BCUT2D eigenvalue weighted by Gasteiger charge is -1.98. The molecule has 0 saturated carbocycles. The van der Waals surface area contributed by atoms with Gasteiger partial charge in [-0.2, -0.15) is 0 Å². The van der Waals surface area contributed by atoms with Crippen LogP contribution >= 0.6 is 0 Å². The second-order valence-electron chi connectivity index (χ2n) is 2.15. The molecule has 4 heteroatoms. The lowest BCUT2D eigenvalue weighted by atomic mass is 10.2. The lowest BCUT2D eigenvalue weighted by Crippen LogP contribution is -2.29. The number of nitrogens with two attached hydrogens (primary N) is 1. The highest BCUT2D eigenvalue weighted by Crippen LogP contribution is 2.01. The van der Waals surface area contributed by atoms with E-state index in [1.807, 2.05) is 5.43 Å². The van der Waals surface area contributed by atoms with E-state index in [4.69, 9.17) is 5.84 Å². The van der Waals surface area contributed by atoms with E-state index in [-0.39, 0.29) is 5.91 Å². The second-order valence-corrected chi connectivity index (χ2v) is 2.15. The number of hydrazine groups is 1.